The molecular formula is C20H14F3NO5. The fraction of sp³-hybridized carbons (Fsp3) is 0.150. The number of hydrogen-bond acceptors (Lipinski definition) is 5. The van der Waals surface area contributed by atoms with Gasteiger partial charge in [0, 0.05) is 11.8 Å². The van der Waals surface area contributed by atoms with E-state index in [9.17, 15) is 27.6 Å². The molecule has 0 aliphatic carbocycles. The predicted molar refractivity (Wildman–Crippen MR) is 97.6 cm³/mol. The second-order valence-electron chi connectivity index (χ2n) is 6.18. The summed E-state index contributed by atoms with van der Waals surface area (Å²) in [6.07, 6.45) is -4.56. The van der Waals surface area contributed by atoms with Crippen molar-refractivity contribution < 1.29 is 31.9 Å². The van der Waals surface area contributed by atoms with Crippen LogP contribution in [-0.2, 0) is 15.7 Å². The minimum Gasteiger partial charge on any atom is -0.450 e. The Balaban J connectivity index is 1.66. The average molecular weight is 405 g/mol. The van der Waals surface area contributed by atoms with Crippen LogP contribution in [0, 0.1) is 6.92 Å². The molecule has 0 saturated carbocycles. The summed E-state index contributed by atoms with van der Waals surface area (Å²) < 4.78 is 48.2. The van der Waals surface area contributed by atoms with Crippen molar-refractivity contribution in [2.45, 2.75) is 13.1 Å². The Hall–Kier alpha value is -3.62. The SMILES string of the molecule is Cc1ccc2oc(C(=O)OCC(=O)Nc3cccc(C(F)(F)F)c3)cc(=O)c2c1. The number of benzene rings is 2. The molecule has 29 heavy (non-hydrogen) atoms. The number of nitrogens with one attached hydrogen (secondary N) is 1. The van der Waals surface area contributed by atoms with Crippen LogP contribution < -0.4 is 10.7 Å². The first-order valence-electron chi connectivity index (χ1n) is 8.32. The van der Waals surface area contributed by atoms with Crippen molar-refractivity contribution in [1.29, 1.82) is 0 Å². The summed E-state index contributed by atoms with van der Waals surface area (Å²) >= 11 is 0. The number of carbonyl (C=O) groups is 2. The summed E-state index contributed by atoms with van der Waals surface area (Å²) in [5.41, 5.74) is -0.459. The lowest BCUT2D eigenvalue weighted by molar-refractivity contribution is -0.137. The predicted octanol–water partition coefficient (Wildman–Crippen LogP) is 3.92. The second-order valence-corrected chi connectivity index (χ2v) is 6.18. The zero-order valence-corrected chi connectivity index (χ0v) is 15.0. The van der Waals surface area contributed by atoms with Crippen LogP contribution in [0.3, 0.4) is 0 Å². The lowest BCUT2D eigenvalue weighted by Crippen LogP contribution is -2.21. The van der Waals surface area contributed by atoms with Gasteiger partial charge in [0.2, 0.25) is 5.76 Å². The van der Waals surface area contributed by atoms with Crippen LogP contribution in [0.5, 0.6) is 0 Å². The summed E-state index contributed by atoms with van der Waals surface area (Å²) in [7, 11) is 0. The highest BCUT2D eigenvalue weighted by Gasteiger charge is 2.30. The monoisotopic (exact) mass is 405 g/mol. The zero-order valence-electron chi connectivity index (χ0n) is 15.0. The molecule has 1 heterocycles. The number of hydrogen-bond donors (Lipinski definition) is 1. The third-order valence-corrected chi connectivity index (χ3v) is 3.89. The number of carbonyl (C=O) groups excluding carboxylic acids is 2. The fourth-order valence-corrected chi connectivity index (χ4v) is 2.54. The molecule has 150 valence electrons. The van der Waals surface area contributed by atoms with E-state index >= 15 is 0 Å². The Bertz CT molecular complexity index is 1150. The molecule has 3 aromatic rings. The van der Waals surface area contributed by atoms with E-state index < -0.39 is 41.4 Å². The van der Waals surface area contributed by atoms with E-state index in [1.807, 2.05) is 0 Å². The Morgan fingerprint density at radius 3 is 2.59 bits per heavy atom. The van der Waals surface area contributed by atoms with E-state index in [1.165, 1.54) is 12.1 Å². The van der Waals surface area contributed by atoms with E-state index in [0.717, 1.165) is 29.8 Å². The third kappa shape index (κ3) is 4.81. The summed E-state index contributed by atoms with van der Waals surface area (Å²) in [4.78, 5) is 36.0. The minimum absolute atomic E-state index is 0.103. The molecule has 1 amide bonds. The van der Waals surface area contributed by atoms with Gasteiger partial charge in [-0.1, -0.05) is 17.7 Å². The van der Waals surface area contributed by atoms with Crippen LogP contribution in [0.15, 0.2) is 57.7 Å². The van der Waals surface area contributed by atoms with Crippen LogP contribution in [0.25, 0.3) is 11.0 Å². The van der Waals surface area contributed by atoms with E-state index in [2.05, 4.69) is 5.32 Å². The molecule has 6 nitrogen and oxygen atoms in total. The Morgan fingerprint density at radius 2 is 1.86 bits per heavy atom. The van der Waals surface area contributed by atoms with Gasteiger partial charge in [-0.2, -0.15) is 13.2 Å². The van der Waals surface area contributed by atoms with Gasteiger partial charge in [-0.15, -0.1) is 0 Å². The van der Waals surface area contributed by atoms with Crippen molar-refractivity contribution in [2.75, 3.05) is 11.9 Å². The number of alkyl halides is 3. The van der Waals surface area contributed by atoms with Crippen molar-refractivity contribution in [2.24, 2.45) is 0 Å². The molecule has 3 rings (SSSR count). The summed E-state index contributed by atoms with van der Waals surface area (Å²) in [6, 6.07) is 9.80. The van der Waals surface area contributed by atoms with Gasteiger partial charge < -0.3 is 14.5 Å². The Morgan fingerprint density at radius 1 is 1.10 bits per heavy atom. The number of amides is 1. The van der Waals surface area contributed by atoms with E-state index in [4.69, 9.17) is 9.15 Å². The molecule has 0 bridgehead atoms. The molecule has 0 spiro atoms. The molecule has 0 unspecified atom stereocenters. The maximum absolute atomic E-state index is 12.7. The molecule has 0 aliphatic rings. The lowest BCUT2D eigenvalue weighted by atomic mass is 10.1. The normalized spacial score (nSPS) is 11.3. The number of rotatable bonds is 4. The summed E-state index contributed by atoms with van der Waals surface area (Å²) in [5, 5.41) is 2.50. The third-order valence-electron chi connectivity index (χ3n) is 3.89. The van der Waals surface area contributed by atoms with Gasteiger partial charge in [-0.25, -0.2) is 4.79 Å². The molecule has 0 radical (unpaired) electrons. The Kier molecular flexibility index (Phi) is 5.40. The minimum atomic E-state index is -4.56. The van der Waals surface area contributed by atoms with Crippen molar-refractivity contribution in [3.05, 3.63) is 75.6 Å². The average Bonchev–Trinajstić information content (AvgIpc) is 2.66. The van der Waals surface area contributed by atoms with Gasteiger partial charge in [-0.3, -0.25) is 9.59 Å². The first-order chi connectivity index (χ1) is 13.6. The zero-order chi connectivity index (χ0) is 21.2. The molecule has 1 N–H and O–H groups in total. The van der Waals surface area contributed by atoms with Gasteiger partial charge in [-0.05, 0) is 37.3 Å². The topological polar surface area (TPSA) is 85.6 Å². The quantitative estimate of drug-likeness (QED) is 0.665. The van der Waals surface area contributed by atoms with Crippen LogP contribution in [0.1, 0.15) is 21.7 Å². The summed E-state index contributed by atoms with van der Waals surface area (Å²) in [6.45, 7) is 1.02. The highest BCUT2D eigenvalue weighted by molar-refractivity contribution is 5.95. The second kappa shape index (κ2) is 7.78. The van der Waals surface area contributed by atoms with Crippen LogP contribution in [0.2, 0.25) is 0 Å². The molecule has 0 saturated heterocycles. The summed E-state index contributed by atoms with van der Waals surface area (Å²) in [5.74, 6) is -2.29. The molecule has 1 aromatic heterocycles. The fourth-order valence-electron chi connectivity index (χ4n) is 2.54. The smallest absolute Gasteiger partial charge is 0.416 e. The van der Waals surface area contributed by atoms with Crippen LogP contribution >= 0.6 is 0 Å². The number of ether oxygens (including phenoxy) is 1. The van der Waals surface area contributed by atoms with E-state index in [1.54, 1.807) is 19.1 Å². The van der Waals surface area contributed by atoms with Crippen molar-refractivity contribution in [3.63, 3.8) is 0 Å². The van der Waals surface area contributed by atoms with E-state index in [0.29, 0.717) is 5.39 Å². The molecule has 0 fully saturated rings. The number of halogens is 3. The van der Waals surface area contributed by atoms with Crippen molar-refractivity contribution in [1.82, 2.24) is 0 Å². The first-order valence-corrected chi connectivity index (χ1v) is 8.32. The van der Waals surface area contributed by atoms with Gasteiger partial charge in [0.05, 0.1) is 10.9 Å². The molecule has 2 aromatic carbocycles. The first kappa shape index (κ1) is 20.1. The largest absolute Gasteiger partial charge is 0.450 e. The highest BCUT2D eigenvalue weighted by Crippen LogP contribution is 2.30. The standard InChI is InChI=1S/C20H14F3NO5/c1-11-5-6-16-14(7-11)15(25)9-17(29-16)19(27)28-10-18(26)24-13-4-2-3-12(8-13)20(21,22)23/h2-9H,10H2,1H3,(H,24,26). The number of anilines is 1. The van der Waals surface area contributed by atoms with Gasteiger partial charge >= 0.3 is 12.1 Å². The Labute approximate surface area is 161 Å². The molecule has 0 aliphatic heterocycles. The van der Waals surface area contributed by atoms with Crippen LogP contribution in [-0.4, -0.2) is 18.5 Å². The highest BCUT2D eigenvalue weighted by atomic mass is 19.4. The van der Waals surface area contributed by atoms with Gasteiger partial charge in [0.1, 0.15) is 5.58 Å². The van der Waals surface area contributed by atoms with Crippen molar-refractivity contribution >= 4 is 28.5 Å². The maximum Gasteiger partial charge on any atom is 0.416 e. The molecule has 0 atom stereocenters. The number of esters is 1. The van der Waals surface area contributed by atoms with Crippen LogP contribution in [0.4, 0.5) is 18.9 Å². The number of aryl methyl sites for hydroxylation is 1. The molecule has 9 heteroatoms. The van der Waals surface area contributed by atoms with E-state index in [-0.39, 0.29) is 11.3 Å². The number of fused-ring (bicyclic) bond motifs is 1. The maximum atomic E-state index is 12.7. The van der Waals surface area contributed by atoms with Gasteiger partial charge in [0.25, 0.3) is 5.91 Å². The van der Waals surface area contributed by atoms with Gasteiger partial charge in [0.15, 0.2) is 12.0 Å². The van der Waals surface area contributed by atoms with Crippen molar-refractivity contribution in [3.8, 4) is 0 Å². The lowest BCUT2D eigenvalue weighted by Gasteiger charge is -2.10. The molecular weight excluding hydrogens is 391 g/mol.